The number of hydrogen-bond acceptors (Lipinski definition) is 5. The highest BCUT2D eigenvalue weighted by molar-refractivity contribution is 7.89. The molecule has 1 heterocycles. The van der Waals surface area contributed by atoms with Gasteiger partial charge in [0.15, 0.2) is 0 Å². The van der Waals surface area contributed by atoms with E-state index in [1.165, 1.54) is 54.8 Å². The summed E-state index contributed by atoms with van der Waals surface area (Å²) in [5.41, 5.74) is 0.0553. The molecule has 29 heavy (non-hydrogen) atoms. The molecule has 0 fully saturated rings. The fourth-order valence-electron chi connectivity index (χ4n) is 2.46. The van der Waals surface area contributed by atoms with Gasteiger partial charge in [0.05, 0.1) is 23.3 Å². The lowest BCUT2D eigenvalue weighted by Crippen LogP contribution is -2.23. The molecule has 2 aromatic carbocycles. The molecule has 1 amide bonds. The number of rotatable bonds is 8. The topological polar surface area (TPSA) is 97.6 Å². The zero-order valence-corrected chi connectivity index (χ0v) is 15.7. The summed E-state index contributed by atoms with van der Waals surface area (Å²) in [5, 5.41) is 2.48. The van der Waals surface area contributed by atoms with Gasteiger partial charge in [0, 0.05) is 5.69 Å². The Morgan fingerprint density at radius 3 is 2.59 bits per heavy atom. The molecule has 0 aliphatic carbocycles. The lowest BCUT2D eigenvalue weighted by Gasteiger charge is -2.12. The number of furan rings is 1. The average Bonchev–Trinajstić information content (AvgIpc) is 3.20. The maximum Gasteiger partial charge on any atom is 0.387 e. The molecule has 7 nitrogen and oxygen atoms in total. The number of alkyl halides is 2. The van der Waals surface area contributed by atoms with E-state index in [4.69, 9.17) is 4.42 Å². The number of ether oxygens (including phenoxy) is 1. The highest BCUT2D eigenvalue weighted by Gasteiger charge is 2.18. The van der Waals surface area contributed by atoms with E-state index >= 15 is 0 Å². The van der Waals surface area contributed by atoms with Gasteiger partial charge in [-0.2, -0.15) is 8.78 Å². The molecular formula is C19H16F2N2O5S. The second-order valence-electron chi connectivity index (χ2n) is 5.76. The van der Waals surface area contributed by atoms with Gasteiger partial charge in [0.2, 0.25) is 10.0 Å². The Kier molecular flexibility index (Phi) is 6.25. The lowest BCUT2D eigenvalue weighted by molar-refractivity contribution is -0.0501. The zero-order chi connectivity index (χ0) is 20.9. The molecule has 0 aliphatic heterocycles. The van der Waals surface area contributed by atoms with Crippen molar-refractivity contribution >= 4 is 21.6 Å². The van der Waals surface area contributed by atoms with E-state index in [2.05, 4.69) is 14.8 Å². The van der Waals surface area contributed by atoms with E-state index in [1.54, 1.807) is 12.1 Å². The van der Waals surface area contributed by atoms with E-state index in [0.29, 0.717) is 5.76 Å². The summed E-state index contributed by atoms with van der Waals surface area (Å²) in [6.45, 7) is -3.12. The fraction of sp³-hybridized carbons (Fsp3) is 0.105. The van der Waals surface area contributed by atoms with Gasteiger partial charge in [0.1, 0.15) is 11.5 Å². The minimum atomic E-state index is -3.87. The Bertz CT molecular complexity index is 1090. The van der Waals surface area contributed by atoms with Gasteiger partial charge < -0.3 is 14.5 Å². The van der Waals surface area contributed by atoms with Crippen molar-refractivity contribution in [3.8, 4) is 5.75 Å². The first-order valence-corrected chi connectivity index (χ1v) is 9.81. The number of carbonyl (C=O) groups excluding carboxylic acids is 1. The summed E-state index contributed by atoms with van der Waals surface area (Å²) in [5.74, 6) is -0.572. The lowest BCUT2D eigenvalue weighted by atomic mass is 10.2. The summed E-state index contributed by atoms with van der Waals surface area (Å²) in [4.78, 5) is 12.4. The van der Waals surface area contributed by atoms with Crippen LogP contribution >= 0.6 is 0 Å². The minimum absolute atomic E-state index is 0.0374. The first-order valence-electron chi connectivity index (χ1n) is 8.32. The second kappa shape index (κ2) is 8.84. The molecule has 3 rings (SSSR count). The number of carbonyl (C=O) groups is 1. The summed E-state index contributed by atoms with van der Waals surface area (Å²) in [6, 6.07) is 14.3. The van der Waals surface area contributed by atoms with E-state index in [0.717, 1.165) is 0 Å². The van der Waals surface area contributed by atoms with Gasteiger partial charge in [-0.05, 0) is 42.5 Å². The van der Waals surface area contributed by atoms with Crippen molar-refractivity contribution in [3.05, 3.63) is 78.3 Å². The van der Waals surface area contributed by atoms with Crippen LogP contribution in [0.2, 0.25) is 0 Å². The Morgan fingerprint density at radius 2 is 1.86 bits per heavy atom. The molecule has 0 saturated heterocycles. The number of amides is 1. The highest BCUT2D eigenvalue weighted by atomic mass is 32.2. The normalized spacial score (nSPS) is 11.4. The van der Waals surface area contributed by atoms with E-state index in [1.807, 2.05) is 0 Å². The number of sulfonamides is 1. The van der Waals surface area contributed by atoms with Gasteiger partial charge in [-0.3, -0.25) is 4.79 Å². The predicted molar refractivity (Wildman–Crippen MR) is 100 cm³/mol. The molecule has 0 atom stereocenters. The summed E-state index contributed by atoms with van der Waals surface area (Å²) in [6.07, 6.45) is 1.43. The molecule has 0 saturated carbocycles. The number of hydrogen-bond donors (Lipinski definition) is 2. The Hall–Kier alpha value is -3.24. The number of halogens is 2. The smallest absolute Gasteiger partial charge is 0.387 e. The third-order valence-corrected chi connectivity index (χ3v) is 5.17. The van der Waals surface area contributed by atoms with Crippen molar-refractivity contribution in [2.24, 2.45) is 0 Å². The van der Waals surface area contributed by atoms with Gasteiger partial charge in [-0.15, -0.1) is 0 Å². The third-order valence-electron chi connectivity index (χ3n) is 3.77. The monoisotopic (exact) mass is 422 g/mol. The quantitative estimate of drug-likeness (QED) is 0.578. The van der Waals surface area contributed by atoms with Crippen molar-refractivity contribution in [1.29, 1.82) is 0 Å². The van der Waals surface area contributed by atoms with Crippen LogP contribution in [0.4, 0.5) is 14.5 Å². The van der Waals surface area contributed by atoms with Crippen LogP contribution in [0.15, 0.2) is 76.2 Å². The number of benzene rings is 2. The highest BCUT2D eigenvalue weighted by Crippen LogP contribution is 2.22. The largest absolute Gasteiger partial charge is 0.468 e. The molecule has 2 N–H and O–H groups in total. The first kappa shape index (κ1) is 20.5. The van der Waals surface area contributed by atoms with E-state index < -0.39 is 22.5 Å². The van der Waals surface area contributed by atoms with E-state index in [9.17, 15) is 22.0 Å². The molecule has 0 radical (unpaired) electrons. The molecule has 1 aromatic heterocycles. The fourth-order valence-corrected chi connectivity index (χ4v) is 3.49. The predicted octanol–water partition coefficient (Wildman–Crippen LogP) is 3.61. The number of nitrogens with one attached hydrogen (secondary N) is 2. The second-order valence-corrected chi connectivity index (χ2v) is 7.53. The molecule has 3 aromatic rings. The average molecular weight is 422 g/mol. The van der Waals surface area contributed by atoms with Crippen LogP contribution in [-0.4, -0.2) is 20.9 Å². The van der Waals surface area contributed by atoms with Gasteiger partial charge >= 0.3 is 6.61 Å². The summed E-state index contributed by atoms with van der Waals surface area (Å²) in [7, 11) is -3.87. The van der Waals surface area contributed by atoms with Crippen LogP contribution in [0.5, 0.6) is 5.75 Å². The SMILES string of the molecule is O=C(Nc1cccc(S(=O)(=O)NCc2ccco2)c1)c1ccccc1OC(F)F. The van der Waals surface area contributed by atoms with Crippen molar-refractivity contribution in [1.82, 2.24) is 4.72 Å². The van der Waals surface area contributed by atoms with Gasteiger partial charge in [-0.25, -0.2) is 13.1 Å². The van der Waals surface area contributed by atoms with Crippen LogP contribution < -0.4 is 14.8 Å². The van der Waals surface area contributed by atoms with Crippen LogP contribution in [0.1, 0.15) is 16.1 Å². The number of anilines is 1. The maximum atomic E-state index is 12.5. The first-order chi connectivity index (χ1) is 13.8. The van der Waals surface area contributed by atoms with Gasteiger partial charge in [0.25, 0.3) is 5.91 Å². The van der Waals surface area contributed by atoms with Gasteiger partial charge in [-0.1, -0.05) is 18.2 Å². The molecule has 10 heteroatoms. The summed E-state index contributed by atoms with van der Waals surface area (Å²) >= 11 is 0. The standard InChI is InChI=1S/C19H16F2N2O5S/c20-19(21)28-17-9-2-1-8-16(17)18(24)23-13-5-3-7-15(11-13)29(25,26)22-12-14-6-4-10-27-14/h1-11,19,22H,12H2,(H,23,24). The Balaban J connectivity index is 1.75. The van der Waals surface area contributed by atoms with Crippen molar-refractivity contribution < 1.29 is 31.1 Å². The van der Waals surface area contributed by atoms with Crippen molar-refractivity contribution in [2.45, 2.75) is 18.1 Å². The number of para-hydroxylation sites is 1. The van der Waals surface area contributed by atoms with E-state index in [-0.39, 0.29) is 28.4 Å². The summed E-state index contributed by atoms with van der Waals surface area (Å²) < 4.78 is 61.7. The van der Waals surface area contributed by atoms with Crippen LogP contribution in [-0.2, 0) is 16.6 Å². The van der Waals surface area contributed by atoms with Crippen molar-refractivity contribution in [2.75, 3.05) is 5.32 Å². The maximum absolute atomic E-state index is 12.5. The molecule has 0 unspecified atom stereocenters. The van der Waals surface area contributed by atoms with Crippen LogP contribution in [0.3, 0.4) is 0 Å². The molecule has 0 bridgehead atoms. The minimum Gasteiger partial charge on any atom is -0.468 e. The molecule has 0 aliphatic rings. The zero-order valence-electron chi connectivity index (χ0n) is 14.8. The molecule has 152 valence electrons. The Labute approximate surface area is 165 Å². The molecular weight excluding hydrogens is 406 g/mol. The Morgan fingerprint density at radius 1 is 1.07 bits per heavy atom. The third kappa shape index (κ3) is 5.39. The van der Waals surface area contributed by atoms with Crippen LogP contribution in [0.25, 0.3) is 0 Å². The van der Waals surface area contributed by atoms with Crippen molar-refractivity contribution in [3.63, 3.8) is 0 Å². The molecule has 0 spiro atoms. The van der Waals surface area contributed by atoms with Crippen LogP contribution in [0, 0.1) is 0 Å².